The van der Waals surface area contributed by atoms with Crippen LogP contribution in [-0.4, -0.2) is 27.8 Å². The van der Waals surface area contributed by atoms with E-state index in [1.54, 1.807) is 45.0 Å². The number of aromatic nitrogens is 2. The summed E-state index contributed by atoms with van der Waals surface area (Å²) in [4.78, 5) is 23.9. The van der Waals surface area contributed by atoms with Gasteiger partial charge < -0.3 is 4.74 Å². The first-order valence-electron chi connectivity index (χ1n) is 7.89. The van der Waals surface area contributed by atoms with Gasteiger partial charge in [-0.2, -0.15) is 0 Å². The molecular formula is C17H22N4O3S. The van der Waals surface area contributed by atoms with Crippen molar-refractivity contribution < 1.29 is 14.3 Å². The SMILES string of the molecule is CC(C)c1nnc(NC(=O)c2ccc(NC(=O)OC(C)(C)C)cc2)s1. The van der Waals surface area contributed by atoms with Gasteiger partial charge in [0.2, 0.25) is 5.13 Å². The fourth-order valence-corrected chi connectivity index (χ4v) is 2.55. The van der Waals surface area contributed by atoms with E-state index in [1.807, 2.05) is 13.8 Å². The number of amides is 2. The predicted molar refractivity (Wildman–Crippen MR) is 98.2 cm³/mol. The number of hydrogen-bond donors (Lipinski definition) is 2. The maximum absolute atomic E-state index is 12.2. The van der Waals surface area contributed by atoms with Crippen LogP contribution in [0.2, 0.25) is 0 Å². The van der Waals surface area contributed by atoms with Crippen molar-refractivity contribution in [3.8, 4) is 0 Å². The molecule has 0 radical (unpaired) electrons. The Bertz CT molecular complexity index is 748. The molecule has 0 unspecified atom stereocenters. The average Bonchev–Trinajstić information content (AvgIpc) is 2.94. The molecule has 0 saturated carbocycles. The van der Waals surface area contributed by atoms with Crippen molar-refractivity contribution >= 4 is 34.2 Å². The maximum atomic E-state index is 12.2. The molecule has 8 heteroatoms. The lowest BCUT2D eigenvalue weighted by molar-refractivity contribution is 0.0636. The molecule has 2 N–H and O–H groups in total. The van der Waals surface area contributed by atoms with Crippen LogP contribution in [0, 0.1) is 0 Å². The maximum Gasteiger partial charge on any atom is 0.412 e. The fraction of sp³-hybridized carbons (Fsp3) is 0.412. The van der Waals surface area contributed by atoms with Crippen LogP contribution in [0.5, 0.6) is 0 Å². The predicted octanol–water partition coefficient (Wildman–Crippen LogP) is 4.26. The van der Waals surface area contributed by atoms with Crippen LogP contribution in [0.15, 0.2) is 24.3 Å². The van der Waals surface area contributed by atoms with Crippen LogP contribution in [-0.2, 0) is 4.74 Å². The molecule has 1 heterocycles. The van der Waals surface area contributed by atoms with E-state index in [0.717, 1.165) is 5.01 Å². The van der Waals surface area contributed by atoms with E-state index in [1.165, 1.54) is 11.3 Å². The van der Waals surface area contributed by atoms with Crippen molar-refractivity contribution in [1.29, 1.82) is 0 Å². The minimum absolute atomic E-state index is 0.265. The third kappa shape index (κ3) is 5.82. The number of hydrogen-bond acceptors (Lipinski definition) is 6. The number of carbonyl (C=O) groups is 2. The van der Waals surface area contributed by atoms with Gasteiger partial charge in [-0.3, -0.25) is 15.4 Å². The van der Waals surface area contributed by atoms with Gasteiger partial charge in [0.05, 0.1) is 0 Å². The lowest BCUT2D eigenvalue weighted by Gasteiger charge is -2.19. The van der Waals surface area contributed by atoms with E-state index in [-0.39, 0.29) is 11.8 Å². The number of rotatable bonds is 4. The second kappa shape index (κ2) is 7.60. The van der Waals surface area contributed by atoms with Gasteiger partial charge in [-0.1, -0.05) is 25.2 Å². The van der Waals surface area contributed by atoms with Crippen LogP contribution >= 0.6 is 11.3 Å². The number of anilines is 2. The highest BCUT2D eigenvalue weighted by Gasteiger charge is 2.16. The van der Waals surface area contributed by atoms with E-state index in [4.69, 9.17) is 4.74 Å². The molecule has 0 bridgehead atoms. The number of benzene rings is 1. The Kier molecular flexibility index (Phi) is 5.73. The molecule has 25 heavy (non-hydrogen) atoms. The van der Waals surface area contributed by atoms with Crippen molar-refractivity contribution in [2.75, 3.05) is 10.6 Å². The molecular weight excluding hydrogens is 340 g/mol. The van der Waals surface area contributed by atoms with Crippen LogP contribution in [0.25, 0.3) is 0 Å². The van der Waals surface area contributed by atoms with Gasteiger partial charge in [-0.25, -0.2) is 4.79 Å². The summed E-state index contributed by atoms with van der Waals surface area (Å²) in [5, 5.41) is 14.7. The van der Waals surface area contributed by atoms with E-state index < -0.39 is 11.7 Å². The van der Waals surface area contributed by atoms with Crippen LogP contribution < -0.4 is 10.6 Å². The Hall–Kier alpha value is -2.48. The molecule has 1 aromatic heterocycles. The summed E-state index contributed by atoms with van der Waals surface area (Å²) in [7, 11) is 0. The lowest BCUT2D eigenvalue weighted by atomic mass is 10.2. The zero-order valence-corrected chi connectivity index (χ0v) is 15.7. The zero-order valence-electron chi connectivity index (χ0n) is 14.9. The van der Waals surface area contributed by atoms with Gasteiger partial charge in [-0.15, -0.1) is 10.2 Å². The number of carbonyl (C=O) groups excluding carboxylic acids is 2. The minimum Gasteiger partial charge on any atom is -0.444 e. The standard InChI is InChI=1S/C17H22N4O3S/c1-10(2)14-20-21-15(25-14)19-13(22)11-6-8-12(9-7-11)18-16(23)24-17(3,4)5/h6-10H,1-5H3,(H,18,23)(H,19,21,22). The largest absolute Gasteiger partial charge is 0.444 e. The van der Waals surface area contributed by atoms with Gasteiger partial charge >= 0.3 is 6.09 Å². The Morgan fingerprint density at radius 1 is 1.08 bits per heavy atom. The zero-order chi connectivity index (χ0) is 18.6. The molecule has 0 aliphatic carbocycles. The molecule has 134 valence electrons. The van der Waals surface area contributed by atoms with Crippen molar-refractivity contribution in [2.24, 2.45) is 0 Å². The normalized spacial score (nSPS) is 11.3. The highest BCUT2D eigenvalue weighted by atomic mass is 32.1. The molecule has 0 fully saturated rings. The Balaban J connectivity index is 1.96. The molecule has 0 atom stereocenters. The highest BCUT2D eigenvalue weighted by molar-refractivity contribution is 7.15. The van der Waals surface area contributed by atoms with Crippen molar-refractivity contribution in [3.05, 3.63) is 34.8 Å². The number of nitrogens with zero attached hydrogens (tertiary/aromatic N) is 2. The Morgan fingerprint density at radius 2 is 1.72 bits per heavy atom. The molecule has 7 nitrogen and oxygen atoms in total. The van der Waals surface area contributed by atoms with Crippen molar-refractivity contribution in [2.45, 2.75) is 46.1 Å². The molecule has 0 saturated heterocycles. The third-order valence-corrected chi connectivity index (χ3v) is 4.09. The Labute approximate surface area is 150 Å². The lowest BCUT2D eigenvalue weighted by Crippen LogP contribution is -2.27. The van der Waals surface area contributed by atoms with Crippen LogP contribution in [0.4, 0.5) is 15.6 Å². The smallest absolute Gasteiger partial charge is 0.412 e. The fourth-order valence-electron chi connectivity index (χ4n) is 1.81. The average molecular weight is 362 g/mol. The quantitative estimate of drug-likeness (QED) is 0.847. The molecule has 2 rings (SSSR count). The van der Waals surface area contributed by atoms with Gasteiger partial charge in [0.1, 0.15) is 10.6 Å². The summed E-state index contributed by atoms with van der Waals surface area (Å²) in [6.45, 7) is 9.40. The highest BCUT2D eigenvalue weighted by Crippen LogP contribution is 2.23. The first-order valence-corrected chi connectivity index (χ1v) is 8.70. The summed E-state index contributed by atoms with van der Waals surface area (Å²) >= 11 is 1.35. The first-order chi connectivity index (χ1) is 11.6. The summed E-state index contributed by atoms with van der Waals surface area (Å²) in [5.41, 5.74) is 0.431. The molecule has 2 aromatic rings. The van der Waals surface area contributed by atoms with Crippen LogP contribution in [0.1, 0.15) is 55.9 Å². The summed E-state index contributed by atoms with van der Waals surface area (Å²) in [5.74, 6) is -0.0170. The van der Waals surface area contributed by atoms with E-state index >= 15 is 0 Å². The molecule has 0 aliphatic heterocycles. The van der Waals surface area contributed by atoms with E-state index in [0.29, 0.717) is 16.4 Å². The topological polar surface area (TPSA) is 93.2 Å². The van der Waals surface area contributed by atoms with Gasteiger partial charge in [0.25, 0.3) is 5.91 Å². The van der Waals surface area contributed by atoms with Gasteiger partial charge in [-0.05, 0) is 45.0 Å². The molecule has 1 aromatic carbocycles. The number of ether oxygens (including phenoxy) is 1. The second-order valence-electron chi connectivity index (χ2n) is 6.76. The minimum atomic E-state index is -0.569. The van der Waals surface area contributed by atoms with Crippen LogP contribution in [0.3, 0.4) is 0 Å². The molecule has 0 aliphatic rings. The van der Waals surface area contributed by atoms with Gasteiger partial charge in [0.15, 0.2) is 0 Å². The third-order valence-electron chi connectivity index (χ3n) is 2.95. The summed E-state index contributed by atoms with van der Waals surface area (Å²) < 4.78 is 5.18. The molecule has 0 spiro atoms. The molecule has 2 amide bonds. The van der Waals surface area contributed by atoms with E-state index in [2.05, 4.69) is 20.8 Å². The Morgan fingerprint density at radius 3 is 2.24 bits per heavy atom. The van der Waals surface area contributed by atoms with Crippen molar-refractivity contribution in [1.82, 2.24) is 10.2 Å². The monoisotopic (exact) mass is 362 g/mol. The number of nitrogens with one attached hydrogen (secondary N) is 2. The van der Waals surface area contributed by atoms with E-state index in [9.17, 15) is 9.59 Å². The van der Waals surface area contributed by atoms with Crippen molar-refractivity contribution in [3.63, 3.8) is 0 Å². The summed E-state index contributed by atoms with van der Waals surface area (Å²) in [6.07, 6.45) is -0.542. The second-order valence-corrected chi connectivity index (χ2v) is 7.77. The summed E-state index contributed by atoms with van der Waals surface area (Å²) in [6, 6.07) is 6.51. The van der Waals surface area contributed by atoms with Gasteiger partial charge in [0, 0.05) is 17.2 Å². The first kappa shape index (κ1) is 18.9.